The molecule has 0 atom stereocenters. The first-order chi connectivity index (χ1) is 13.3. The Morgan fingerprint density at radius 2 is 1.93 bits per heavy atom. The number of carbonyl (C=O) groups excluding carboxylic acids is 1. The van der Waals surface area contributed by atoms with E-state index in [2.05, 4.69) is 25.9 Å². The predicted molar refractivity (Wildman–Crippen MR) is 101 cm³/mol. The normalized spacial score (nSPS) is 11.3. The second-order valence-corrected chi connectivity index (χ2v) is 5.99. The molecule has 8 nitrogen and oxygen atoms in total. The van der Waals surface area contributed by atoms with Gasteiger partial charge in [-0.1, -0.05) is 47.7 Å². The van der Waals surface area contributed by atoms with Crippen molar-refractivity contribution in [2.45, 2.75) is 13.1 Å². The number of hydrogen-bond acceptors (Lipinski definition) is 5. The molecule has 0 aliphatic heterocycles. The lowest BCUT2D eigenvalue weighted by Gasteiger charge is -2.01. The summed E-state index contributed by atoms with van der Waals surface area (Å²) in [6.07, 6.45) is 5.13. The molecular weight excluding hydrogens is 342 g/mol. The Kier molecular flexibility index (Phi) is 4.69. The molecule has 2 aromatic carbocycles. The number of benzene rings is 2. The Morgan fingerprint density at radius 3 is 2.81 bits per heavy atom. The third-order valence-electron chi connectivity index (χ3n) is 3.96. The summed E-state index contributed by atoms with van der Waals surface area (Å²) >= 11 is 0. The summed E-state index contributed by atoms with van der Waals surface area (Å²) in [6, 6.07) is 17.5. The minimum absolute atomic E-state index is 0.0467. The first-order valence-electron chi connectivity index (χ1n) is 8.44. The van der Waals surface area contributed by atoms with Gasteiger partial charge in [0.05, 0.1) is 24.5 Å². The molecule has 2 heterocycles. The van der Waals surface area contributed by atoms with Crippen molar-refractivity contribution >= 4 is 23.2 Å². The zero-order valence-corrected chi connectivity index (χ0v) is 14.4. The highest BCUT2D eigenvalue weighted by Crippen LogP contribution is 2.09. The van der Waals surface area contributed by atoms with Crippen molar-refractivity contribution in [1.82, 2.24) is 30.2 Å². The summed E-state index contributed by atoms with van der Waals surface area (Å²) in [7, 11) is 0. The number of aromatic nitrogens is 5. The molecule has 0 aliphatic rings. The SMILES string of the molecule is O=C(Cn1nnc2ccccc21)N/N=C\c1cnn(Cc2ccccc2)c1. The summed E-state index contributed by atoms with van der Waals surface area (Å²) in [5.41, 5.74) is 6.02. The smallest absolute Gasteiger partial charge is 0.261 e. The third-order valence-corrected chi connectivity index (χ3v) is 3.96. The number of carbonyl (C=O) groups is 1. The monoisotopic (exact) mass is 359 g/mol. The molecule has 8 heteroatoms. The fourth-order valence-corrected chi connectivity index (χ4v) is 2.69. The lowest BCUT2D eigenvalue weighted by Crippen LogP contribution is -2.23. The average Bonchev–Trinajstić information content (AvgIpc) is 3.30. The summed E-state index contributed by atoms with van der Waals surface area (Å²) in [6.45, 7) is 0.728. The lowest BCUT2D eigenvalue weighted by molar-refractivity contribution is -0.121. The van der Waals surface area contributed by atoms with Gasteiger partial charge in [-0.25, -0.2) is 10.1 Å². The number of hydrazone groups is 1. The quantitative estimate of drug-likeness (QED) is 0.420. The van der Waals surface area contributed by atoms with Crippen molar-refractivity contribution in [2.24, 2.45) is 5.10 Å². The van der Waals surface area contributed by atoms with E-state index in [1.807, 2.05) is 65.5 Å². The van der Waals surface area contributed by atoms with Crippen molar-refractivity contribution in [2.75, 3.05) is 0 Å². The van der Waals surface area contributed by atoms with Crippen molar-refractivity contribution in [3.05, 3.63) is 78.1 Å². The molecule has 0 saturated heterocycles. The zero-order chi connectivity index (χ0) is 18.5. The van der Waals surface area contributed by atoms with Crippen LogP contribution in [0.4, 0.5) is 0 Å². The van der Waals surface area contributed by atoms with E-state index in [0.717, 1.165) is 22.2 Å². The van der Waals surface area contributed by atoms with Gasteiger partial charge in [-0.3, -0.25) is 9.48 Å². The number of fused-ring (bicyclic) bond motifs is 1. The van der Waals surface area contributed by atoms with E-state index in [4.69, 9.17) is 0 Å². The highest BCUT2D eigenvalue weighted by molar-refractivity contribution is 5.82. The summed E-state index contributed by atoms with van der Waals surface area (Å²) < 4.78 is 3.36. The molecular formula is C19H17N7O. The van der Waals surface area contributed by atoms with Gasteiger partial charge in [0.15, 0.2) is 0 Å². The van der Waals surface area contributed by atoms with Crippen LogP contribution in [0, 0.1) is 0 Å². The fraction of sp³-hybridized carbons (Fsp3) is 0.105. The Bertz CT molecular complexity index is 1080. The second-order valence-electron chi connectivity index (χ2n) is 5.99. The zero-order valence-electron chi connectivity index (χ0n) is 14.4. The Hall–Kier alpha value is -3.81. The molecule has 0 fully saturated rings. The molecule has 4 aromatic rings. The fourth-order valence-electron chi connectivity index (χ4n) is 2.69. The molecule has 4 rings (SSSR count). The maximum absolute atomic E-state index is 12.1. The van der Waals surface area contributed by atoms with Crippen LogP contribution in [0.1, 0.15) is 11.1 Å². The van der Waals surface area contributed by atoms with Gasteiger partial charge in [-0.2, -0.15) is 10.2 Å². The number of nitrogens with zero attached hydrogens (tertiary/aromatic N) is 6. The van der Waals surface area contributed by atoms with Crippen molar-refractivity contribution in [3.8, 4) is 0 Å². The van der Waals surface area contributed by atoms with Crippen LogP contribution in [-0.4, -0.2) is 36.9 Å². The van der Waals surface area contributed by atoms with Gasteiger partial charge < -0.3 is 0 Å². The van der Waals surface area contributed by atoms with E-state index in [-0.39, 0.29) is 12.5 Å². The molecule has 1 amide bonds. The minimum atomic E-state index is -0.279. The Morgan fingerprint density at radius 1 is 1.11 bits per heavy atom. The summed E-state index contributed by atoms with van der Waals surface area (Å²) in [4.78, 5) is 12.1. The largest absolute Gasteiger partial charge is 0.271 e. The predicted octanol–water partition coefficient (Wildman–Crippen LogP) is 1.83. The topological polar surface area (TPSA) is 90.0 Å². The maximum atomic E-state index is 12.1. The molecule has 0 radical (unpaired) electrons. The van der Waals surface area contributed by atoms with Gasteiger partial charge in [-0.15, -0.1) is 5.10 Å². The minimum Gasteiger partial charge on any atom is -0.271 e. The lowest BCUT2D eigenvalue weighted by atomic mass is 10.2. The van der Waals surface area contributed by atoms with Gasteiger partial charge in [-0.05, 0) is 17.7 Å². The van der Waals surface area contributed by atoms with Crippen LogP contribution in [0.2, 0.25) is 0 Å². The van der Waals surface area contributed by atoms with E-state index in [1.165, 1.54) is 4.68 Å². The number of nitrogens with one attached hydrogen (secondary N) is 1. The van der Waals surface area contributed by atoms with Gasteiger partial charge in [0.2, 0.25) is 0 Å². The molecule has 27 heavy (non-hydrogen) atoms. The number of rotatable bonds is 6. The standard InChI is InChI=1S/C19H17N7O/c27-19(14-26-18-9-5-4-8-17(18)22-24-26)23-20-10-16-11-21-25(13-16)12-15-6-2-1-3-7-15/h1-11,13H,12,14H2,(H,23,27)/b20-10-. The summed E-state index contributed by atoms with van der Waals surface area (Å²) in [5, 5.41) is 16.3. The van der Waals surface area contributed by atoms with Crippen LogP contribution in [0.5, 0.6) is 0 Å². The van der Waals surface area contributed by atoms with Gasteiger partial charge in [0.1, 0.15) is 12.1 Å². The van der Waals surface area contributed by atoms with Crippen LogP contribution < -0.4 is 5.43 Å². The van der Waals surface area contributed by atoms with Crippen LogP contribution in [0.15, 0.2) is 72.1 Å². The first-order valence-corrected chi connectivity index (χ1v) is 8.44. The highest BCUT2D eigenvalue weighted by atomic mass is 16.2. The third kappa shape index (κ3) is 4.06. The first kappa shape index (κ1) is 16.6. The molecule has 0 unspecified atom stereocenters. The number of amides is 1. The van der Waals surface area contributed by atoms with Crippen LogP contribution in [-0.2, 0) is 17.9 Å². The molecule has 0 aliphatic carbocycles. The highest BCUT2D eigenvalue weighted by Gasteiger charge is 2.07. The van der Waals surface area contributed by atoms with Crippen molar-refractivity contribution in [1.29, 1.82) is 0 Å². The van der Waals surface area contributed by atoms with Gasteiger partial charge >= 0.3 is 0 Å². The molecule has 134 valence electrons. The molecule has 2 aromatic heterocycles. The van der Waals surface area contributed by atoms with Crippen LogP contribution in [0.25, 0.3) is 11.0 Å². The summed E-state index contributed by atoms with van der Waals surface area (Å²) in [5.74, 6) is -0.279. The molecule has 0 saturated carbocycles. The van der Waals surface area contributed by atoms with Crippen LogP contribution >= 0.6 is 0 Å². The van der Waals surface area contributed by atoms with Crippen molar-refractivity contribution in [3.63, 3.8) is 0 Å². The molecule has 0 bridgehead atoms. The van der Waals surface area contributed by atoms with Gasteiger partial charge in [0.25, 0.3) is 5.91 Å². The van der Waals surface area contributed by atoms with E-state index in [0.29, 0.717) is 6.54 Å². The Balaban J connectivity index is 1.33. The van der Waals surface area contributed by atoms with Crippen LogP contribution in [0.3, 0.4) is 0 Å². The van der Waals surface area contributed by atoms with Gasteiger partial charge in [0, 0.05) is 11.8 Å². The number of para-hydroxylation sites is 1. The average molecular weight is 359 g/mol. The molecule has 1 N–H and O–H groups in total. The second kappa shape index (κ2) is 7.61. The Labute approximate surface area is 155 Å². The number of hydrogen-bond donors (Lipinski definition) is 1. The molecule has 0 spiro atoms. The maximum Gasteiger partial charge on any atom is 0.261 e. The van der Waals surface area contributed by atoms with E-state index in [1.54, 1.807) is 12.4 Å². The van der Waals surface area contributed by atoms with E-state index >= 15 is 0 Å². The van der Waals surface area contributed by atoms with E-state index in [9.17, 15) is 4.79 Å². The van der Waals surface area contributed by atoms with E-state index < -0.39 is 0 Å². The van der Waals surface area contributed by atoms with Crippen molar-refractivity contribution < 1.29 is 4.79 Å².